The first-order valence-corrected chi connectivity index (χ1v) is 10.00. The summed E-state index contributed by atoms with van der Waals surface area (Å²) in [6.45, 7) is 12.6. The Morgan fingerprint density at radius 1 is 1.23 bits per heavy atom. The quantitative estimate of drug-likeness (QED) is 0.564. The van der Waals surface area contributed by atoms with Gasteiger partial charge in [-0.25, -0.2) is 4.98 Å². The van der Waals surface area contributed by atoms with Crippen LogP contribution in [0.5, 0.6) is 0 Å². The second kappa shape index (κ2) is 9.16. The number of aryl methyl sites for hydroxylation is 1. The van der Waals surface area contributed by atoms with E-state index in [1.165, 1.54) is 11.5 Å². The number of amides is 1. The fourth-order valence-corrected chi connectivity index (χ4v) is 3.54. The van der Waals surface area contributed by atoms with Crippen LogP contribution in [0.4, 0.5) is 5.13 Å². The molecule has 1 fully saturated rings. The molecule has 0 unspecified atom stereocenters. The molecule has 1 saturated heterocycles. The Kier molecular flexibility index (Phi) is 7.19. The predicted molar refractivity (Wildman–Crippen MR) is 107 cm³/mol. The molecule has 1 aliphatic heterocycles. The Labute approximate surface area is 160 Å². The highest BCUT2D eigenvalue weighted by Crippen LogP contribution is 2.19. The normalized spacial score (nSPS) is 16.0. The van der Waals surface area contributed by atoms with Gasteiger partial charge >= 0.3 is 0 Å². The van der Waals surface area contributed by atoms with Crippen LogP contribution in [0.3, 0.4) is 0 Å². The third kappa shape index (κ3) is 5.06. The van der Waals surface area contributed by atoms with Gasteiger partial charge in [-0.15, -0.1) is 0 Å². The zero-order valence-electron chi connectivity index (χ0n) is 16.5. The Balaban J connectivity index is 1.87. The van der Waals surface area contributed by atoms with E-state index in [9.17, 15) is 4.79 Å². The number of nitrogens with zero attached hydrogens (tertiary/aromatic N) is 5. The Morgan fingerprint density at radius 3 is 2.46 bits per heavy atom. The van der Waals surface area contributed by atoms with Gasteiger partial charge in [0, 0.05) is 64.3 Å². The molecule has 146 valence electrons. The molecule has 1 aliphatic rings. The van der Waals surface area contributed by atoms with Crippen molar-refractivity contribution >= 4 is 28.5 Å². The summed E-state index contributed by atoms with van der Waals surface area (Å²) < 4.78 is 4.37. The second-order valence-corrected chi connectivity index (χ2v) is 7.70. The molecule has 0 aliphatic carbocycles. The van der Waals surface area contributed by atoms with E-state index in [-0.39, 0.29) is 5.91 Å². The van der Waals surface area contributed by atoms with Gasteiger partial charge in [0.25, 0.3) is 0 Å². The molecule has 0 atom stereocenters. The standard InChI is InChI=1S/C17H31N7OS/c1-6-13-21-16(26-22-13)24-10-8-23(9-11-24)15(18-5)20-12-17(3,4)14(25)19-7-2/h6-12H2,1-5H3,(H,18,20)(H,19,25). The number of carbonyl (C=O) groups excluding carboxylic acids is 1. The maximum atomic E-state index is 12.1. The van der Waals surface area contributed by atoms with E-state index in [1.54, 1.807) is 7.05 Å². The van der Waals surface area contributed by atoms with Crippen molar-refractivity contribution in [3.63, 3.8) is 0 Å². The highest BCUT2D eigenvalue weighted by Gasteiger charge is 2.28. The molecule has 26 heavy (non-hydrogen) atoms. The summed E-state index contributed by atoms with van der Waals surface area (Å²) in [6.07, 6.45) is 0.869. The molecule has 0 radical (unpaired) electrons. The lowest BCUT2D eigenvalue weighted by Crippen LogP contribution is -2.54. The molecular weight excluding hydrogens is 350 g/mol. The maximum absolute atomic E-state index is 12.1. The van der Waals surface area contributed by atoms with Crippen LogP contribution in [0, 0.1) is 5.41 Å². The summed E-state index contributed by atoms with van der Waals surface area (Å²) in [5.74, 6) is 1.81. The lowest BCUT2D eigenvalue weighted by molar-refractivity contribution is -0.128. The smallest absolute Gasteiger partial charge is 0.227 e. The average Bonchev–Trinajstić information content (AvgIpc) is 3.12. The number of carbonyl (C=O) groups is 1. The van der Waals surface area contributed by atoms with Crippen LogP contribution >= 0.6 is 11.5 Å². The van der Waals surface area contributed by atoms with Crippen molar-refractivity contribution < 1.29 is 4.79 Å². The number of aromatic nitrogens is 2. The lowest BCUT2D eigenvalue weighted by Gasteiger charge is -2.37. The molecule has 0 bridgehead atoms. The summed E-state index contributed by atoms with van der Waals surface area (Å²) in [6, 6.07) is 0. The van der Waals surface area contributed by atoms with Crippen LogP contribution in [-0.4, -0.2) is 72.4 Å². The summed E-state index contributed by atoms with van der Waals surface area (Å²) in [5.41, 5.74) is -0.489. The van der Waals surface area contributed by atoms with Crippen LogP contribution in [0.1, 0.15) is 33.5 Å². The molecule has 9 heteroatoms. The van der Waals surface area contributed by atoms with Crippen molar-refractivity contribution in [2.45, 2.75) is 34.1 Å². The maximum Gasteiger partial charge on any atom is 0.227 e. The summed E-state index contributed by atoms with van der Waals surface area (Å²) >= 11 is 1.47. The first-order valence-electron chi connectivity index (χ1n) is 9.22. The van der Waals surface area contributed by atoms with Gasteiger partial charge in [0.05, 0.1) is 5.41 Å². The van der Waals surface area contributed by atoms with Gasteiger partial charge in [0.2, 0.25) is 11.0 Å². The number of piperazine rings is 1. The highest BCUT2D eigenvalue weighted by molar-refractivity contribution is 7.09. The fourth-order valence-electron chi connectivity index (χ4n) is 2.74. The summed E-state index contributed by atoms with van der Waals surface area (Å²) in [7, 11) is 1.78. The fraction of sp³-hybridized carbons (Fsp3) is 0.765. The van der Waals surface area contributed by atoms with Crippen molar-refractivity contribution in [1.82, 2.24) is 24.9 Å². The monoisotopic (exact) mass is 381 g/mol. The van der Waals surface area contributed by atoms with Gasteiger partial charge < -0.3 is 20.4 Å². The van der Waals surface area contributed by atoms with Crippen LogP contribution in [0.25, 0.3) is 0 Å². The minimum absolute atomic E-state index is 0.0516. The minimum atomic E-state index is -0.489. The van der Waals surface area contributed by atoms with Gasteiger partial charge in [-0.2, -0.15) is 4.37 Å². The van der Waals surface area contributed by atoms with Gasteiger partial charge in [-0.1, -0.05) is 6.92 Å². The lowest BCUT2D eigenvalue weighted by atomic mass is 9.92. The Bertz CT molecular complexity index is 620. The predicted octanol–water partition coefficient (Wildman–Crippen LogP) is 0.960. The van der Waals surface area contributed by atoms with E-state index in [0.717, 1.165) is 49.5 Å². The van der Waals surface area contributed by atoms with Crippen LogP contribution in [-0.2, 0) is 11.2 Å². The number of guanidine groups is 1. The molecule has 8 nitrogen and oxygen atoms in total. The minimum Gasteiger partial charge on any atom is -0.356 e. The van der Waals surface area contributed by atoms with Gasteiger partial charge in [0.1, 0.15) is 5.82 Å². The molecule has 0 spiro atoms. The molecule has 0 aromatic carbocycles. The number of hydrogen-bond acceptors (Lipinski definition) is 6. The van der Waals surface area contributed by atoms with E-state index < -0.39 is 5.41 Å². The number of rotatable bonds is 6. The van der Waals surface area contributed by atoms with E-state index in [0.29, 0.717) is 13.1 Å². The first kappa shape index (κ1) is 20.4. The van der Waals surface area contributed by atoms with Crippen molar-refractivity contribution in [3.05, 3.63) is 5.82 Å². The molecule has 1 aromatic heterocycles. The van der Waals surface area contributed by atoms with Crippen molar-refractivity contribution in [3.8, 4) is 0 Å². The average molecular weight is 382 g/mol. The SMILES string of the molecule is CCNC(=O)C(C)(C)CNC(=NC)N1CCN(c2nc(CC)ns2)CC1. The zero-order valence-corrected chi connectivity index (χ0v) is 17.3. The highest BCUT2D eigenvalue weighted by atomic mass is 32.1. The van der Waals surface area contributed by atoms with E-state index in [4.69, 9.17) is 0 Å². The third-order valence-electron chi connectivity index (χ3n) is 4.48. The first-order chi connectivity index (χ1) is 12.4. The second-order valence-electron chi connectivity index (χ2n) is 6.96. The van der Waals surface area contributed by atoms with Crippen LogP contribution < -0.4 is 15.5 Å². The van der Waals surface area contributed by atoms with Crippen molar-refractivity contribution in [2.24, 2.45) is 10.4 Å². The summed E-state index contributed by atoms with van der Waals surface area (Å²) in [5, 5.41) is 7.25. The Morgan fingerprint density at radius 2 is 1.92 bits per heavy atom. The summed E-state index contributed by atoms with van der Waals surface area (Å²) in [4.78, 5) is 25.6. The van der Waals surface area contributed by atoms with Crippen molar-refractivity contribution in [2.75, 3.05) is 51.2 Å². The molecule has 2 N–H and O–H groups in total. The van der Waals surface area contributed by atoms with E-state index in [1.807, 2.05) is 20.8 Å². The molecular formula is C17H31N7OS. The topological polar surface area (TPSA) is 85.8 Å². The molecule has 2 heterocycles. The third-order valence-corrected chi connectivity index (χ3v) is 5.29. The van der Waals surface area contributed by atoms with Gasteiger partial charge in [-0.3, -0.25) is 9.79 Å². The molecule has 1 amide bonds. The Hall–Kier alpha value is -1.90. The van der Waals surface area contributed by atoms with Crippen LogP contribution in [0.2, 0.25) is 0 Å². The van der Waals surface area contributed by atoms with Gasteiger partial charge in [0.15, 0.2) is 5.96 Å². The number of hydrogen-bond donors (Lipinski definition) is 2. The van der Waals surface area contributed by atoms with Gasteiger partial charge in [-0.05, 0) is 20.8 Å². The number of nitrogens with one attached hydrogen (secondary N) is 2. The molecule has 1 aromatic rings. The number of anilines is 1. The number of aliphatic imine (C=N–C) groups is 1. The van der Waals surface area contributed by atoms with E-state index >= 15 is 0 Å². The molecule has 2 rings (SSSR count). The van der Waals surface area contributed by atoms with E-state index in [2.05, 4.69) is 41.7 Å². The largest absolute Gasteiger partial charge is 0.356 e. The zero-order chi connectivity index (χ0) is 19.2. The molecule has 0 saturated carbocycles. The van der Waals surface area contributed by atoms with Crippen molar-refractivity contribution in [1.29, 1.82) is 0 Å². The van der Waals surface area contributed by atoms with Crippen LogP contribution in [0.15, 0.2) is 4.99 Å².